The highest BCUT2D eigenvalue weighted by atomic mass is 32.1. The highest BCUT2D eigenvalue weighted by molar-refractivity contribution is 7.15. The van der Waals surface area contributed by atoms with E-state index in [1.807, 2.05) is 0 Å². The molecule has 2 aromatic rings. The Balaban J connectivity index is 1.40. The lowest BCUT2D eigenvalue weighted by Gasteiger charge is -2.20. The first-order valence-electron chi connectivity index (χ1n) is 8.33. The van der Waals surface area contributed by atoms with E-state index in [1.54, 1.807) is 36.4 Å². The molecule has 25 heavy (non-hydrogen) atoms. The lowest BCUT2D eigenvalue weighted by molar-refractivity contribution is 0.0934. The van der Waals surface area contributed by atoms with Crippen LogP contribution < -0.4 is 21.1 Å². The van der Waals surface area contributed by atoms with Crippen molar-refractivity contribution in [1.29, 1.82) is 0 Å². The van der Waals surface area contributed by atoms with E-state index in [1.165, 1.54) is 17.8 Å². The summed E-state index contributed by atoms with van der Waals surface area (Å²) in [7, 11) is 0. The Labute approximate surface area is 149 Å². The molecule has 2 bridgehead atoms. The number of ether oxygens (including phenoxy) is 1. The third-order valence-electron chi connectivity index (χ3n) is 4.76. The average Bonchev–Trinajstić information content (AvgIpc) is 3.31. The molecule has 6 nitrogen and oxygen atoms in total. The van der Waals surface area contributed by atoms with Crippen molar-refractivity contribution in [3.05, 3.63) is 46.8 Å². The van der Waals surface area contributed by atoms with Crippen LogP contribution >= 0.6 is 11.3 Å². The molecule has 0 spiro atoms. The van der Waals surface area contributed by atoms with Crippen LogP contribution in [0.5, 0.6) is 10.8 Å². The molecule has 7 heteroatoms. The van der Waals surface area contributed by atoms with Crippen LogP contribution in [0.3, 0.4) is 0 Å². The molecule has 1 aromatic heterocycles. The van der Waals surface area contributed by atoms with E-state index in [0.717, 1.165) is 12.8 Å². The number of hydrogen-bond acceptors (Lipinski definition) is 5. The maximum absolute atomic E-state index is 12.4. The van der Waals surface area contributed by atoms with Gasteiger partial charge in [-0.1, -0.05) is 17.4 Å². The molecular weight excluding hydrogens is 338 g/mol. The number of benzene rings is 1. The quantitative estimate of drug-likeness (QED) is 0.765. The summed E-state index contributed by atoms with van der Waals surface area (Å²) in [6.07, 6.45) is 3.34. The smallest absolute Gasteiger partial charge is 0.261 e. The minimum atomic E-state index is -0.504. The third kappa shape index (κ3) is 3.38. The number of fused-ring (bicyclic) bond motifs is 2. The number of amides is 2. The molecule has 0 aliphatic carbocycles. The number of carbonyl (C=O) groups excluding carboxylic acids is 2. The topological polar surface area (TPSA) is 93.5 Å². The first-order valence-corrected chi connectivity index (χ1v) is 9.14. The van der Waals surface area contributed by atoms with Crippen molar-refractivity contribution in [3.8, 4) is 10.8 Å². The van der Waals surface area contributed by atoms with Gasteiger partial charge in [0.1, 0.15) is 5.75 Å². The van der Waals surface area contributed by atoms with Crippen LogP contribution in [0.1, 0.15) is 39.3 Å². The molecule has 0 unspecified atom stereocenters. The van der Waals surface area contributed by atoms with Crippen LogP contribution in [0, 0.1) is 0 Å². The van der Waals surface area contributed by atoms with Gasteiger partial charge in [-0.05, 0) is 49.6 Å². The molecule has 2 aliphatic heterocycles. The van der Waals surface area contributed by atoms with Gasteiger partial charge in [0, 0.05) is 23.7 Å². The second kappa shape index (κ2) is 6.50. The SMILES string of the molecule is NC(=O)c1cccc(Oc2ccc(C(=O)N[C@@H]3C[C@H]4CC[C@@H]3N4)s2)c1. The van der Waals surface area contributed by atoms with E-state index in [2.05, 4.69) is 10.6 Å². The maximum Gasteiger partial charge on any atom is 0.261 e. The lowest BCUT2D eigenvalue weighted by atomic mass is 9.95. The van der Waals surface area contributed by atoms with Crippen LogP contribution in [-0.4, -0.2) is 29.9 Å². The second-order valence-corrected chi connectivity index (χ2v) is 7.52. The predicted molar refractivity (Wildman–Crippen MR) is 95.2 cm³/mol. The molecule has 3 heterocycles. The molecule has 2 aliphatic rings. The van der Waals surface area contributed by atoms with Gasteiger partial charge in [0.2, 0.25) is 5.91 Å². The first-order chi connectivity index (χ1) is 12.1. The molecule has 130 valence electrons. The fourth-order valence-electron chi connectivity index (χ4n) is 3.55. The van der Waals surface area contributed by atoms with E-state index >= 15 is 0 Å². The van der Waals surface area contributed by atoms with E-state index < -0.39 is 5.91 Å². The first kappa shape index (κ1) is 16.1. The van der Waals surface area contributed by atoms with Crippen molar-refractivity contribution in [2.45, 2.75) is 37.4 Å². The van der Waals surface area contributed by atoms with Gasteiger partial charge in [0.25, 0.3) is 5.91 Å². The van der Waals surface area contributed by atoms with Crippen molar-refractivity contribution >= 4 is 23.2 Å². The molecule has 0 radical (unpaired) electrons. The van der Waals surface area contributed by atoms with Crippen molar-refractivity contribution in [2.75, 3.05) is 0 Å². The van der Waals surface area contributed by atoms with Gasteiger partial charge >= 0.3 is 0 Å². The van der Waals surface area contributed by atoms with Gasteiger partial charge in [-0.15, -0.1) is 0 Å². The summed E-state index contributed by atoms with van der Waals surface area (Å²) in [6, 6.07) is 11.4. The van der Waals surface area contributed by atoms with E-state index in [-0.39, 0.29) is 11.9 Å². The summed E-state index contributed by atoms with van der Waals surface area (Å²) in [5.41, 5.74) is 5.66. The van der Waals surface area contributed by atoms with Gasteiger partial charge in [-0.25, -0.2) is 0 Å². The average molecular weight is 357 g/mol. The summed E-state index contributed by atoms with van der Waals surface area (Å²) >= 11 is 1.28. The van der Waals surface area contributed by atoms with Gasteiger partial charge < -0.3 is 21.1 Å². The molecule has 3 atom stereocenters. The summed E-state index contributed by atoms with van der Waals surface area (Å²) in [5.74, 6) is -0.0522. The van der Waals surface area contributed by atoms with Crippen LogP contribution in [0.15, 0.2) is 36.4 Å². The van der Waals surface area contributed by atoms with Crippen LogP contribution in [0.4, 0.5) is 0 Å². The van der Waals surface area contributed by atoms with Crippen molar-refractivity contribution in [2.24, 2.45) is 5.73 Å². The molecule has 2 amide bonds. The number of nitrogens with one attached hydrogen (secondary N) is 2. The van der Waals surface area contributed by atoms with Crippen molar-refractivity contribution < 1.29 is 14.3 Å². The Morgan fingerprint density at radius 3 is 2.84 bits per heavy atom. The van der Waals surface area contributed by atoms with Crippen LogP contribution in [0.2, 0.25) is 0 Å². The Bertz CT molecular complexity index is 819. The predicted octanol–water partition coefficient (Wildman–Crippen LogP) is 2.26. The highest BCUT2D eigenvalue weighted by Crippen LogP contribution is 2.31. The summed E-state index contributed by atoms with van der Waals surface area (Å²) in [6.45, 7) is 0. The van der Waals surface area contributed by atoms with Crippen LogP contribution in [0.25, 0.3) is 0 Å². The van der Waals surface area contributed by atoms with Crippen molar-refractivity contribution in [3.63, 3.8) is 0 Å². The number of thiophene rings is 1. The number of hydrogen-bond donors (Lipinski definition) is 3. The number of primary amides is 1. The number of nitrogens with two attached hydrogens (primary N) is 1. The molecule has 4 rings (SSSR count). The number of carbonyl (C=O) groups is 2. The zero-order chi connectivity index (χ0) is 17.4. The molecule has 0 saturated carbocycles. The standard InChI is InChI=1S/C18H19N3O3S/c19-17(22)10-2-1-3-12(8-10)24-16-7-6-15(25-16)18(23)21-14-9-11-4-5-13(14)20-11/h1-3,6-8,11,13-14,20H,4-5,9H2,(H2,19,22)(H,21,23)/t11-,13+,14-/m1/s1. The summed E-state index contributed by atoms with van der Waals surface area (Å²) < 4.78 is 5.74. The minimum Gasteiger partial charge on any atom is -0.447 e. The van der Waals surface area contributed by atoms with Gasteiger partial charge in [-0.3, -0.25) is 9.59 Å². The van der Waals surface area contributed by atoms with E-state index in [9.17, 15) is 9.59 Å². The van der Waals surface area contributed by atoms with Gasteiger partial charge in [0.05, 0.1) is 4.88 Å². The Hall–Kier alpha value is -2.38. The fraction of sp³-hybridized carbons (Fsp3) is 0.333. The normalized spacial score (nSPS) is 24.2. The van der Waals surface area contributed by atoms with Gasteiger partial charge in [-0.2, -0.15) is 0 Å². The second-order valence-electron chi connectivity index (χ2n) is 6.48. The van der Waals surface area contributed by atoms with Crippen molar-refractivity contribution in [1.82, 2.24) is 10.6 Å². The summed E-state index contributed by atoms with van der Waals surface area (Å²) in [5, 5.41) is 7.23. The highest BCUT2D eigenvalue weighted by Gasteiger charge is 2.39. The maximum atomic E-state index is 12.4. The van der Waals surface area contributed by atoms with E-state index in [0.29, 0.717) is 33.3 Å². The zero-order valence-electron chi connectivity index (χ0n) is 13.5. The molecular formula is C18H19N3O3S. The summed E-state index contributed by atoms with van der Waals surface area (Å²) in [4.78, 5) is 24.3. The molecule has 1 aromatic carbocycles. The minimum absolute atomic E-state index is 0.0647. The van der Waals surface area contributed by atoms with Crippen LogP contribution in [-0.2, 0) is 0 Å². The molecule has 4 N–H and O–H groups in total. The van der Waals surface area contributed by atoms with Gasteiger partial charge in [0.15, 0.2) is 5.06 Å². The largest absolute Gasteiger partial charge is 0.447 e. The fourth-order valence-corrected chi connectivity index (χ4v) is 4.33. The Morgan fingerprint density at radius 1 is 1.24 bits per heavy atom. The Kier molecular flexibility index (Phi) is 4.19. The van der Waals surface area contributed by atoms with E-state index in [4.69, 9.17) is 10.5 Å². The lowest BCUT2D eigenvalue weighted by Crippen LogP contribution is -2.42. The Morgan fingerprint density at radius 2 is 2.12 bits per heavy atom. The number of rotatable bonds is 5. The third-order valence-corrected chi connectivity index (χ3v) is 5.72. The monoisotopic (exact) mass is 357 g/mol. The molecule has 2 fully saturated rings. The zero-order valence-corrected chi connectivity index (χ0v) is 14.3. The molecule has 2 saturated heterocycles.